The van der Waals surface area contributed by atoms with E-state index in [0.29, 0.717) is 15.8 Å². The summed E-state index contributed by atoms with van der Waals surface area (Å²) in [4.78, 5) is 14.7. The SMILES string of the molecule is CCN1C(=O)/C(=C\c2cc3oc(-c4ccccc4)cc3n2CC)SC1=S. The summed E-state index contributed by atoms with van der Waals surface area (Å²) in [5.41, 5.74) is 3.86. The van der Waals surface area contributed by atoms with Gasteiger partial charge in [0.25, 0.3) is 5.91 Å². The summed E-state index contributed by atoms with van der Waals surface area (Å²) in [6, 6.07) is 14.1. The minimum atomic E-state index is -0.0204. The summed E-state index contributed by atoms with van der Waals surface area (Å²) in [6.07, 6.45) is 1.91. The second-order valence-electron chi connectivity index (χ2n) is 5.97. The zero-order valence-electron chi connectivity index (χ0n) is 14.6. The van der Waals surface area contributed by atoms with Gasteiger partial charge in [0.1, 0.15) is 10.1 Å². The van der Waals surface area contributed by atoms with E-state index in [-0.39, 0.29) is 5.91 Å². The summed E-state index contributed by atoms with van der Waals surface area (Å²) >= 11 is 6.65. The third-order valence-corrected chi connectivity index (χ3v) is 5.84. The molecule has 0 aliphatic carbocycles. The Morgan fingerprint density at radius 3 is 2.58 bits per heavy atom. The fourth-order valence-corrected chi connectivity index (χ4v) is 4.55. The Hall–Kier alpha value is -2.31. The van der Waals surface area contributed by atoms with Crippen molar-refractivity contribution in [1.82, 2.24) is 9.47 Å². The van der Waals surface area contributed by atoms with Crippen molar-refractivity contribution < 1.29 is 9.21 Å². The van der Waals surface area contributed by atoms with Crippen molar-refractivity contribution in [1.29, 1.82) is 0 Å². The number of hydrogen-bond donors (Lipinski definition) is 0. The van der Waals surface area contributed by atoms with Gasteiger partial charge < -0.3 is 8.98 Å². The van der Waals surface area contributed by atoms with Crippen LogP contribution in [-0.2, 0) is 11.3 Å². The first-order valence-electron chi connectivity index (χ1n) is 8.56. The lowest BCUT2D eigenvalue weighted by molar-refractivity contribution is -0.121. The highest BCUT2D eigenvalue weighted by atomic mass is 32.2. The smallest absolute Gasteiger partial charge is 0.266 e. The number of fused-ring (bicyclic) bond motifs is 1. The molecule has 2 aromatic heterocycles. The van der Waals surface area contributed by atoms with Gasteiger partial charge in [0.15, 0.2) is 5.58 Å². The summed E-state index contributed by atoms with van der Waals surface area (Å²) in [5, 5.41) is 0. The quantitative estimate of drug-likeness (QED) is 0.462. The van der Waals surface area contributed by atoms with E-state index in [2.05, 4.69) is 17.6 Å². The molecular formula is C20H18N2O2S2. The minimum absolute atomic E-state index is 0.0204. The number of carbonyl (C=O) groups excluding carboxylic acids is 1. The fourth-order valence-electron chi connectivity index (χ4n) is 3.19. The van der Waals surface area contributed by atoms with Gasteiger partial charge in [-0.2, -0.15) is 0 Å². The Balaban J connectivity index is 1.75. The van der Waals surface area contributed by atoms with Gasteiger partial charge >= 0.3 is 0 Å². The lowest BCUT2D eigenvalue weighted by Gasteiger charge is -2.09. The number of aromatic nitrogens is 1. The van der Waals surface area contributed by atoms with Crippen LogP contribution in [0.1, 0.15) is 19.5 Å². The lowest BCUT2D eigenvalue weighted by Crippen LogP contribution is -2.27. The zero-order chi connectivity index (χ0) is 18.3. The first-order chi connectivity index (χ1) is 12.6. The van der Waals surface area contributed by atoms with E-state index in [1.807, 2.05) is 49.4 Å². The van der Waals surface area contributed by atoms with Gasteiger partial charge in [0.2, 0.25) is 0 Å². The Labute approximate surface area is 161 Å². The predicted octanol–water partition coefficient (Wildman–Crippen LogP) is 5.14. The van der Waals surface area contributed by atoms with Crippen LogP contribution >= 0.6 is 24.0 Å². The van der Waals surface area contributed by atoms with E-state index in [9.17, 15) is 4.79 Å². The molecule has 1 fully saturated rings. The van der Waals surface area contributed by atoms with Crippen LogP contribution in [0.25, 0.3) is 28.5 Å². The van der Waals surface area contributed by atoms with E-state index in [1.54, 1.807) is 4.90 Å². The second-order valence-corrected chi connectivity index (χ2v) is 7.64. The maximum atomic E-state index is 12.5. The molecule has 4 rings (SSSR count). The largest absolute Gasteiger partial charge is 0.454 e. The molecular weight excluding hydrogens is 364 g/mol. The molecule has 26 heavy (non-hydrogen) atoms. The Morgan fingerprint density at radius 1 is 1.15 bits per heavy atom. The summed E-state index contributed by atoms with van der Waals surface area (Å²) < 4.78 is 8.83. The van der Waals surface area contributed by atoms with Crippen molar-refractivity contribution in [3.05, 3.63) is 53.1 Å². The Kier molecular flexibility index (Phi) is 4.46. The molecule has 1 aliphatic rings. The molecule has 0 atom stereocenters. The van der Waals surface area contributed by atoms with E-state index in [1.165, 1.54) is 11.8 Å². The predicted molar refractivity (Wildman–Crippen MR) is 111 cm³/mol. The molecule has 0 bridgehead atoms. The number of nitrogens with zero attached hydrogens (tertiary/aromatic N) is 2. The fraction of sp³-hybridized carbons (Fsp3) is 0.200. The van der Waals surface area contributed by atoms with Crippen LogP contribution in [0, 0.1) is 0 Å². The topological polar surface area (TPSA) is 38.4 Å². The highest BCUT2D eigenvalue weighted by Gasteiger charge is 2.31. The second kappa shape index (κ2) is 6.78. The van der Waals surface area contributed by atoms with Crippen LogP contribution in [0.5, 0.6) is 0 Å². The van der Waals surface area contributed by atoms with Crippen LogP contribution in [0.2, 0.25) is 0 Å². The maximum absolute atomic E-state index is 12.5. The number of rotatable bonds is 4. The molecule has 1 aromatic carbocycles. The van der Waals surface area contributed by atoms with Crippen LogP contribution in [0.15, 0.2) is 51.8 Å². The van der Waals surface area contributed by atoms with E-state index >= 15 is 0 Å². The van der Waals surface area contributed by atoms with Crippen molar-refractivity contribution in [3.8, 4) is 11.3 Å². The number of thiocarbonyl (C=S) groups is 1. The number of furan rings is 1. The first-order valence-corrected chi connectivity index (χ1v) is 9.78. The molecule has 4 nitrogen and oxygen atoms in total. The van der Waals surface area contributed by atoms with Gasteiger partial charge in [-0.05, 0) is 19.9 Å². The van der Waals surface area contributed by atoms with Crippen LogP contribution in [0.4, 0.5) is 0 Å². The Morgan fingerprint density at radius 2 is 1.92 bits per heavy atom. The maximum Gasteiger partial charge on any atom is 0.266 e. The summed E-state index contributed by atoms with van der Waals surface area (Å²) in [6.45, 7) is 5.40. The summed E-state index contributed by atoms with van der Waals surface area (Å²) in [7, 11) is 0. The number of thioether (sulfide) groups is 1. The molecule has 0 unspecified atom stereocenters. The zero-order valence-corrected chi connectivity index (χ0v) is 16.2. The normalized spacial score (nSPS) is 16.4. The van der Waals surface area contributed by atoms with Crippen molar-refractivity contribution in [2.75, 3.05) is 6.54 Å². The highest BCUT2D eigenvalue weighted by Crippen LogP contribution is 2.35. The number of aryl methyl sites for hydroxylation is 1. The number of benzene rings is 1. The highest BCUT2D eigenvalue weighted by molar-refractivity contribution is 8.26. The number of carbonyl (C=O) groups is 1. The monoisotopic (exact) mass is 382 g/mol. The molecule has 3 aromatic rings. The van der Waals surface area contributed by atoms with Gasteiger partial charge in [-0.1, -0.05) is 54.3 Å². The third-order valence-electron chi connectivity index (χ3n) is 4.46. The molecule has 3 heterocycles. The molecule has 0 spiro atoms. The van der Waals surface area contributed by atoms with Gasteiger partial charge in [-0.25, -0.2) is 0 Å². The molecule has 1 amide bonds. The average molecular weight is 383 g/mol. The molecule has 6 heteroatoms. The van der Waals surface area contributed by atoms with Crippen LogP contribution < -0.4 is 0 Å². The van der Waals surface area contributed by atoms with E-state index < -0.39 is 0 Å². The van der Waals surface area contributed by atoms with Crippen molar-refractivity contribution >= 4 is 51.4 Å². The minimum Gasteiger partial charge on any atom is -0.454 e. The molecule has 0 radical (unpaired) electrons. The molecule has 132 valence electrons. The number of hydrogen-bond acceptors (Lipinski definition) is 4. The Bertz CT molecular complexity index is 1030. The lowest BCUT2D eigenvalue weighted by atomic mass is 10.2. The third kappa shape index (κ3) is 2.79. The van der Waals surface area contributed by atoms with Crippen LogP contribution in [-0.4, -0.2) is 26.2 Å². The summed E-state index contributed by atoms with van der Waals surface area (Å²) in [5.74, 6) is 0.828. The van der Waals surface area contributed by atoms with Crippen molar-refractivity contribution in [2.45, 2.75) is 20.4 Å². The molecule has 1 aliphatic heterocycles. The molecule has 0 saturated carbocycles. The standard InChI is InChI=1S/C20H18N2O2S2/c1-3-21-14(11-18-19(23)22(4-2)20(25)26-18)10-17-15(21)12-16(24-17)13-8-6-5-7-9-13/h5-12H,3-4H2,1-2H3/b18-11+. The van der Waals surface area contributed by atoms with Crippen LogP contribution in [0.3, 0.4) is 0 Å². The van der Waals surface area contributed by atoms with E-state index in [4.69, 9.17) is 16.6 Å². The number of likely N-dealkylation sites (N-methyl/N-ethyl adjacent to an activating group) is 1. The number of amides is 1. The van der Waals surface area contributed by atoms with Gasteiger partial charge in [-0.15, -0.1) is 0 Å². The van der Waals surface area contributed by atoms with Crippen molar-refractivity contribution in [3.63, 3.8) is 0 Å². The average Bonchev–Trinajstić information content (AvgIpc) is 3.27. The first kappa shape index (κ1) is 17.1. The molecule has 1 saturated heterocycles. The van der Waals surface area contributed by atoms with Crippen molar-refractivity contribution in [2.24, 2.45) is 0 Å². The van der Waals surface area contributed by atoms with Gasteiger partial charge in [0, 0.05) is 36.5 Å². The van der Waals surface area contributed by atoms with E-state index in [0.717, 1.165) is 34.7 Å². The van der Waals surface area contributed by atoms with Gasteiger partial charge in [0.05, 0.1) is 10.4 Å². The van der Waals surface area contributed by atoms with Gasteiger partial charge in [-0.3, -0.25) is 9.69 Å². The molecule has 0 N–H and O–H groups in total.